The third kappa shape index (κ3) is 4.92. The topological polar surface area (TPSA) is 63.6 Å². The molecule has 5 heteroatoms. The van der Waals surface area contributed by atoms with Crippen molar-refractivity contribution in [3.05, 3.63) is 35.9 Å². The molecule has 0 radical (unpaired) electrons. The van der Waals surface area contributed by atoms with Crippen molar-refractivity contribution in [2.24, 2.45) is 0 Å². The molecule has 1 rings (SSSR count). The zero-order valence-corrected chi connectivity index (χ0v) is 9.28. The van der Waals surface area contributed by atoms with Crippen LogP contribution in [0, 0.1) is 0 Å². The highest BCUT2D eigenvalue weighted by Crippen LogP contribution is 2.07. The molecule has 4 nitrogen and oxygen atoms in total. The summed E-state index contributed by atoms with van der Waals surface area (Å²) in [4.78, 5) is 0. The lowest BCUT2D eigenvalue weighted by Gasteiger charge is -2.13. The molecule has 0 fully saturated rings. The van der Waals surface area contributed by atoms with E-state index in [1.54, 1.807) is 0 Å². The third-order valence-corrected chi connectivity index (χ3v) is 2.83. The van der Waals surface area contributed by atoms with Crippen LogP contribution < -0.4 is 0 Å². The SMILES string of the molecule is COC(Cc1ccccc1)CS(=O)(=O)O. The maximum atomic E-state index is 10.7. The van der Waals surface area contributed by atoms with Crippen LogP contribution in [0.5, 0.6) is 0 Å². The number of methoxy groups -OCH3 is 1. The largest absolute Gasteiger partial charge is 0.380 e. The zero-order chi connectivity index (χ0) is 11.3. The first-order valence-electron chi connectivity index (χ1n) is 4.53. The normalized spacial score (nSPS) is 13.7. The molecule has 0 aliphatic rings. The molecule has 1 aromatic rings. The smallest absolute Gasteiger partial charge is 0.267 e. The number of hydrogen-bond acceptors (Lipinski definition) is 3. The molecule has 0 heterocycles. The summed E-state index contributed by atoms with van der Waals surface area (Å²) in [6.45, 7) is 0. The minimum Gasteiger partial charge on any atom is -0.380 e. The summed E-state index contributed by atoms with van der Waals surface area (Å²) < 4.78 is 35.0. The van der Waals surface area contributed by atoms with Crippen molar-refractivity contribution in [3.63, 3.8) is 0 Å². The monoisotopic (exact) mass is 230 g/mol. The molecule has 1 unspecified atom stereocenters. The molecule has 1 N–H and O–H groups in total. The maximum Gasteiger partial charge on any atom is 0.267 e. The van der Waals surface area contributed by atoms with Crippen LogP contribution in [0.3, 0.4) is 0 Å². The summed E-state index contributed by atoms with van der Waals surface area (Å²) in [7, 11) is -2.55. The maximum absolute atomic E-state index is 10.7. The van der Waals surface area contributed by atoms with Gasteiger partial charge in [-0.15, -0.1) is 0 Å². The van der Waals surface area contributed by atoms with E-state index in [2.05, 4.69) is 0 Å². The van der Waals surface area contributed by atoms with E-state index < -0.39 is 16.2 Å². The second kappa shape index (κ2) is 5.25. The van der Waals surface area contributed by atoms with Gasteiger partial charge in [0, 0.05) is 7.11 Å². The van der Waals surface area contributed by atoms with E-state index in [-0.39, 0.29) is 5.75 Å². The van der Waals surface area contributed by atoms with Crippen molar-refractivity contribution in [1.29, 1.82) is 0 Å². The van der Waals surface area contributed by atoms with Gasteiger partial charge in [-0.2, -0.15) is 8.42 Å². The van der Waals surface area contributed by atoms with Crippen LogP contribution in [0.4, 0.5) is 0 Å². The highest BCUT2D eigenvalue weighted by molar-refractivity contribution is 7.85. The van der Waals surface area contributed by atoms with Crippen LogP contribution in [0.25, 0.3) is 0 Å². The molecule has 0 spiro atoms. The van der Waals surface area contributed by atoms with Crippen molar-refractivity contribution >= 4 is 10.1 Å². The lowest BCUT2D eigenvalue weighted by Crippen LogP contribution is -2.24. The summed E-state index contributed by atoms with van der Waals surface area (Å²) in [6, 6.07) is 9.39. The van der Waals surface area contributed by atoms with Gasteiger partial charge in [0.15, 0.2) is 0 Å². The Morgan fingerprint density at radius 1 is 1.33 bits per heavy atom. The first kappa shape index (κ1) is 12.2. The van der Waals surface area contributed by atoms with Crippen molar-refractivity contribution in [3.8, 4) is 0 Å². The van der Waals surface area contributed by atoms with Gasteiger partial charge in [0.25, 0.3) is 10.1 Å². The van der Waals surface area contributed by atoms with Crippen LogP contribution in [-0.4, -0.2) is 31.9 Å². The van der Waals surface area contributed by atoms with E-state index in [9.17, 15) is 8.42 Å². The first-order valence-corrected chi connectivity index (χ1v) is 6.14. The van der Waals surface area contributed by atoms with E-state index in [0.717, 1.165) is 5.56 Å². The average Bonchev–Trinajstić information content (AvgIpc) is 2.16. The number of rotatable bonds is 5. The minimum atomic E-state index is -3.98. The Morgan fingerprint density at radius 3 is 2.40 bits per heavy atom. The van der Waals surface area contributed by atoms with Gasteiger partial charge < -0.3 is 4.74 Å². The number of benzene rings is 1. The van der Waals surface area contributed by atoms with E-state index >= 15 is 0 Å². The predicted octanol–water partition coefficient (Wildman–Crippen LogP) is 1.13. The van der Waals surface area contributed by atoms with E-state index in [0.29, 0.717) is 6.42 Å². The number of hydrogen-bond donors (Lipinski definition) is 1. The Kier molecular flexibility index (Phi) is 4.26. The first-order chi connectivity index (χ1) is 7.01. The van der Waals surface area contributed by atoms with Gasteiger partial charge in [-0.05, 0) is 12.0 Å². The minimum absolute atomic E-state index is 0.377. The predicted molar refractivity (Wildman–Crippen MR) is 57.4 cm³/mol. The molecule has 0 aromatic heterocycles. The quantitative estimate of drug-likeness (QED) is 0.770. The molecule has 0 amide bonds. The van der Waals surface area contributed by atoms with Crippen molar-refractivity contribution < 1.29 is 17.7 Å². The van der Waals surface area contributed by atoms with Gasteiger partial charge in [-0.25, -0.2) is 0 Å². The summed E-state index contributed by atoms with van der Waals surface area (Å²) in [5.74, 6) is -0.377. The molecule has 84 valence electrons. The van der Waals surface area contributed by atoms with Crippen molar-refractivity contribution in [2.45, 2.75) is 12.5 Å². The van der Waals surface area contributed by atoms with Crippen molar-refractivity contribution in [2.75, 3.05) is 12.9 Å². The average molecular weight is 230 g/mol. The second-order valence-electron chi connectivity index (χ2n) is 3.30. The molecule has 0 aliphatic carbocycles. The van der Waals surface area contributed by atoms with Gasteiger partial charge in [0.2, 0.25) is 0 Å². The number of ether oxygens (including phenoxy) is 1. The van der Waals surface area contributed by atoms with Crippen LogP contribution in [0.2, 0.25) is 0 Å². The van der Waals surface area contributed by atoms with Gasteiger partial charge in [0.1, 0.15) is 5.75 Å². The van der Waals surface area contributed by atoms with Gasteiger partial charge in [-0.3, -0.25) is 4.55 Å². The zero-order valence-electron chi connectivity index (χ0n) is 8.46. The third-order valence-electron chi connectivity index (χ3n) is 2.04. The Balaban J connectivity index is 2.63. The van der Waals surface area contributed by atoms with E-state index in [1.807, 2.05) is 30.3 Å². The standard InChI is InChI=1S/C10H14O4S/c1-14-10(8-15(11,12)13)7-9-5-3-2-4-6-9/h2-6,10H,7-8H2,1H3,(H,11,12,13). The van der Waals surface area contributed by atoms with E-state index in [4.69, 9.17) is 9.29 Å². The molecule has 1 atom stereocenters. The van der Waals surface area contributed by atoms with Gasteiger partial charge in [-0.1, -0.05) is 30.3 Å². The van der Waals surface area contributed by atoms with Crippen LogP contribution in [0.1, 0.15) is 5.56 Å². The second-order valence-corrected chi connectivity index (χ2v) is 4.79. The molecule has 1 aromatic carbocycles. The molecule has 0 saturated heterocycles. The fraction of sp³-hybridized carbons (Fsp3) is 0.400. The van der Waals surface area contributed by atoms with Crippen LogP contribution >= 0.6 is 0 Å². The summed E-state index contributed by atoms with van der Waals surface area (Å²) in [5.41, 5.74) is 0.980. The summed E-state index contributed by atoms with van der Waals surface area (Å²) >= 11 is 0. The van der Waals surface area contributed by atoms with Gasteiger partial charge >= 0.3 is 0 Å². The fourth-order valence-electron chi connectivity index (χ4n) is 1.32. The summed E-state index contributed by atoms with van der Waals surface area (Å²) in [5, 5.41) is 0. The Hall–Kier alpha value is -0.910. The molecular formula is C10H14O4S. The molecular weight excluding hydrogens is 216 g/mol. The lowest BCUT2D eigenvalue weighted by atomic mass is 10.1. The molecule has 15 heavy (non-hydrogen) atoms. The van der Waals surface area contributed by atoms with E-state index in [1.165, 1.54) is 7.11 Å². The summed E-state index contributed by atoms with van der Waals surface area (Å²) in [6.07, 6.45) is -0.0423. The van der Waals surface area contributed by atoms with Gasteiger partial charge in [0.05, 0.1) is 6.10 Å². The molecule has 0 saturated carbocycles. The fourth-order valence-corrected chi connectivity index (χ4v) is 2.05. The van der Waals surface area contributed by atoms with Crippen LogP contribution in [-0.2, 0) is 21.3 Å². The highest BCUT2D eigenvalue weighted by atomic mass is 32.2. The lowest BCUT2D eigenvalue weighted by molar-refractivity contribution is 0.119. The van der Waals surface area contributed by atoms with Crippen molar-refractivity contribution in [1.82, 2.24) is 0 Å². The Labute approximate surface area is 89.6 Å². The molecule has 0 aliphatic heterocycles. The highest BCUT2D eigenvalue weighted by Gasteiger charge is 2.16. The van der Waals surface area contributed by atoms with Crippen LogP contribution in [0.15, 0.2) is 30.3 Å². The Morgan fingerprint density at radius 2 is 1.93 bits per heavy atom. The molecule has 0 bridgehead atoms. The Bertz CT molecular complexity index is 385.